The van der Waals surface area contributed by atoms with Gasteiger partial charge in [-0.15, -0.1) is 0 Å². The summed E-state index contributed by atoms with van der Waals surface area (Å²) < 4.78 is 11.6. The van der Waals surface area contributed by atoms with Crippen LogP contribution in [0.5, 0.6) is 11.5 Å². The number of rotatable bonds is 13. The van der Waals surface area contributed by atoms with Gasteiger partial charge in [0.2, 0.25) is 0 Å². The highest BCUT2D eigenvalue weighted by atomic mass is 16.5. The molecule has 37 heavy (non-hydrogen) atoms. The molecule has 9 heteroatoms. The summed E-state index contributed by atoms with van der Waals surface area (Å²) in [4.78, 5) is 24.1. The molecule has 194 valence electrons. The van der Waals surface area contributed by atoms with Crippen LogP contribution in [-0.2, 0) is 19.4 Å². The van der Waals surface area contributed by atoms with Gasteiger partial charge in [-0.25, -0.2) is 4.98 Å². The lowest BCUT2D eigenvalue weighted by molar-refractivity contribution is 0.100. The molecule has 0 spiro atoms. The van der Waals surface area contributed by atoms with E-state index in [4.69, 9.17) is 15.2 Å². The first-order valence-corrected chi connectivity index (χ1v) is 12.6. The summed E-state index contributed by atoms with van der Waals surface area (Å²) in [5.41, 5.74) is 11.7. The first kappa shape index (κ1) is 26.0. The number of nitrogens with zero attached hydrogens (tertiary/aromatic N) is 2. The molecule has 2 aromatic carbocycles. The van der Waals surface area contributed by atoms with E-state index in [0.717, 1.165) is 48.3 Å². The topological polar surface area (TPSA) is 127 Å². The lowest BCUT2D eigenvalue weighted by atomic mass is 10.0. The fourth-order valence-corrected chi connectivity index (χ4v) is 4.40. The number of imidazole rings is 1. The number of carbonyl (C=O) groups is 1. The van der Waals surface area contributed by atoms with Crippen molar-refractivity contribution in [3.8, 4) is 11.5 Å². The molecule has 2 heterocycles. The first-order valence-electron chi connectivity index (χ1n) is 12.6. The van der Waals surface area contributed by atoms with Crippen LogP contribution in [0.4, 0.5) is 11.4 Å². The van der Waals surface area contributed by atoms with E-state index in [9.17, 15) is 4.79 Å². The van der Waals surface area contributed by atoms with Gasteiger partial charge in [-0.05, 0) is 43.5 Å². The van der Waals surface area contributed by atoms with Crippen molar-refractivity contribution in [2.24, 2.45) is 5.73 Å². The maximum atomic E-state index is 12.4. The van der Waals surface area contributed by atoms with Gasteiger partial charge in [0.05, 0.1) is 36.3 Å². The van der Waals surface area contributed by atoms with E-state index in [1.54, 1.807) is 6.33 Å². The molecule has 0 atom stereocenters. The van der Waals surface area contributed by atoms with Crippen LogP contribution in [0, 0.1) is 0 Å². The zero-order valence-electron chi connectivity index (χ0n) is 21.6. The Bertz CT molecular complexity index is 1350. The van der Waals surface area contributed by atoms with Gasteiger partial charge in [0.1, 0.15) is 0 Å². The predicted octanol–water partition coefficient (Wildman–Crippen LogP) is 4.49. The summed E-state index contributed by atoms with van der Waals surface area (Å²) in [6, 6.07) is 9.84. The minimum absolute atomic E-state index is 0.309. The number of hydrogen-bond acceptors (Lipinski definition) is 7. The van der Waals surface area contributed by atoms with E-state index in [1.165, 1.54) is 11.8 Å². The lowest BCUT2D eigenvalue weighted by Crippen LogP contribution is -2.18. The second-order valence-electron chi connectivity index (χ2n) is 8.52. The summed E-state index contributed by atoms with van der Waals surface area (Å²) in [7, 11) is 0. The molecule has 2 aromatic heterocycles. The van der Waals surface area contributed by atoms with Gasteiger partial charge >= 0.3 is 0 Å². The van der Waals surface area contributed by atoms with Crippen molar-refractivity contribution >= 4 is 28.2 Å². The molecule has 1 amide bonds. The van der Waals surface area contributed by atoms with Gasteiger partial charge in [-0.2, -0.15) is 0 Å². The van der Waals surface area contributed by atoms with Crippen LogP contribution >= 0.6 is 0 Å². The van der Waals surface area contributed by atoms with E-state index < -0.39 is 5.91 Å². The van der Waals surface area contributed by atoms with E-state index in [-0.39, 0.29) is 0 Å². The molecule has 9 nitrogen and oxygen atoms in total. The molecule has 0 aliphatic carbocycles. The highest BCUT2D eigenvalue weighted by molar-refractivity contribution is 6.08. The van der Waals surface area contributed by atoms with Crippen LogP contribution in [0.2, 0.25) is 0 Å². The molecule has 0 aliphatic rings. The van der Waals surface area contributed by atoms with Crippen molar-refractivity contribution in [1.82, 2.24) is 20.3 Å². The van der Waals surface area contributed by atoms with Crippen molar-refractivity contribution < 1.29 is 14.3 Å². The standard InChI is InChI=1S/C28H34N6O3/c1-4-20-18(14-30-11-10-19-15-31-17-33-19)8-7-9-23(20)34-27-21-12-25(36-5-2)26(37-6-3)13-24(21)32-16-22(27)28(29)35/h7-9,12-13,15-17,30H,4-6,10-11,14H2,1-3H3,(H2,29,35)(H,31,33)(H,32,34). The van der Waals surface area contributed by atoms with Crippen molar-refractivity contribution in [3.63, 3.8) is 0 Å². The second kappa shape index (κ2) is 12.2. The van der Waals surface area contributed by atoms with Gasteiger partial charge in [-0.3, -0.25) is 9.78 Å². The summed E-state index contributed by atoms with van der Waals surface area (Å²) in [6.45, 7) is 8.48. The molecule has 4 aromatic rings. The van der Waals surface area contributed by atoms with Crippen molar-refractivity contribution in [2.75, 3.05) is 25.1 Å². The summed E-state index contributed by atoms with van der Waals surface area (Å²) in [6.07, 6.45) is 6.73. The van der Waals surface area contributed by atoms with Crippen LogP contribution in [-0.4, -0.2) is 40.6 Å². The average molecular weight is 503 g/mol. The zero-order chi connectivity index (χ0) is 26.2. The predicted molar refractivity (Wildman–Crippen MR) is 146 cm³/mol. The number of aromatic amines is 1. The maximum absolute atomic E-state index is 12.4. The maximum Gasteiger partial charge on any atom is 0.252 e. The largest absolute Gasteiger partial charge is 0.490 e. The van der Waals surface area contributed by atoms with Crippen LogP contribution in [0.25, 0.3) is 10.9 Å². The van der Waals surface area contributed by atoms with Crippen molar-refractivity contribution in [2.45, 2.75) is 40.2 Å². The molecule has 0 fully saturated rings. The molecule has 4 rings (SSSR count). The molecule has 0 unspecified atom stereocenters. The van der Waals surface area contributed by atoms with Crippen molar-refractivity contribution in [1.29, 1.82) is 0 Å². The Labute approximate surface area is 216 Å². The number of anilines is 2. The molecular weight excluding hydrogens is 468 g/mol. The average Bonchev–Trinajstić information content (AvgIpc) is 3.41. The SMILES string of the molecule is CCOc1cc2ncc(C(N)=O)c(Nc3cccc(CNCCc4cnc[nH]4)c3CC)c2cc1OCC. The number of fused-ring (bicyclic) bond motifs is 1. The summed E-state index contributed by atoms with van der Waals surface area (Å²) >= 11 is 0. The molecule has 0 aliphatic heterocycles. The Morgan fingerprint density at radius 3 is 2.54 bits per heavy atom. The van der Waals surface area contributed by atoms with Gasteiger partial charge in [0, 0.05) is 54.7 Å². The van der Waals surface area contributed by atoms with Crippen LogP contribution < -0.4 is 25.8 Å². The minimum Gasteiger partial charge on any atom is -0.490 e. The zero-order valence-corrected chi connectivity index (χ0v) is 21.6. The molecular formula is C28H34N6O3. The fraction of sp³-hybridized carbons (Fsp3) is 0.321. The number of nitrogens with two attached hydrogens (primary N) is 1. The third-order valence-electron chi connectivity index (χ3n) is 6.13. The number of amides is 1. The number of benzene rings is 2. The van der Waals surface area contributed by atoms with Crippen LogP contribution in [0.15, 0.2) is 49.1 Å². The summed E-state index contributed by atoms with van der Waals surface area (Å²) in [5.74, 6) is 0.646. The Morgan fingerprint density at radius 2 is 1.86 bits per heavy atom. The van der Waals surface area contributed by atoms with Gasteiger partial charge in [-0.1, -0.05) is 19.1 Å². The van der Waals surface area contributed by atoms with E-state index in [0.29, 0.717) is 41.5 Å². The lowest BCUT2D eigenvalue weighted by Gasteiger charge is -2.19. The third kappa shape index (κ3) is 6.00. The quantitative estimate of drug-likeness (QED) is 0.198. The van der Waals surface area contributed by atoms with E-state index >= 15 is 0 Å². The number of ether oxygens (including phenoxy) is 2. The molecule has 0 saturated carbocycles. The van der Waals surface area contributed by atoms with Crippen LogP contribution in [0.1, 0.15) is 48.0 Å². The monoisotopic (exact) mass is 502 g/mol. The highest BCUT2D eigenvalue weighted by Crippen LogP contribution is 2.38. The molecule has 0 bridgehead atoms. The number of aromatic nitrogens is 3. The van der Waals surface area contributed by atoms with E-state index in [2.05, 4.69) is 38.6 Å². The Morgan fingerprint density at radius 1 is 1.08 bits per heavy atom. The number of carbonyl (C=O) groups excluding carboxylic acids is 1. The molecule has 0 saturated heterocycles. The van der Waals surface area contributed by atoms with Gasteiger partial charge < -0.3 is 30.8 Å². The Kier molecular flexibility index (Phi) is 8.58. The van der Waals surface area contributed by atoms with Gasteiger partial charge in [0.25, 0.3) is 5.91 Å². The molecule has 5 N–H and O–H groups in total. The highest BCUT2D eigenvalue weighted by Gasteiger charge is 2.18. The number of hydrogen-bond donors (Lipinski definition) is 4. The fourth-order valence-electron chi connectivity index (χ4n) is 4.40. The summed E-state index contributed by atoms with van der Waals surface area (Å²) in [5, 5.41) is 7.76. The number of pyridine rings is 1. The Balaban J connectivity index is 1.68. The number of H-pyrrole nitrogens is 1. The number of nitrogens with one attached hydrogen (secondary N) is 3. The normalized spacial score (nSPS) is 11.0. The smallest absolute Gasteiger partial charge is 0.252 e. The van der Waals surface area contributed by atoms with Crippen molar-refractivity contribution in [3.05, 3.63) is 71.4 Å². The Hall–Kier alpha value is -4.11. The van der Waals surface area contributed by atoms with Gasteiger partial charge in [0.15, 0.2) is 11.5 Å². The number of primary amides is 1. The minimum atomic E-state index is -0.557. The first-order chi connectivity index (χ1) is 18.0. The van der Waals surface area contributed by atoms with Crippen LogP contribution in [0.3, 0.4) is 0 Å². The molecule has 0 radical (unpaired) electrons. The van der Waals surface area contributed by atoms with E-state index in [1.807, 2.05) is 44.3 Å². The third-order valence-corrected chi connectivity index (χ3v) is 6.13. The second-order valence-corrected chi connectivity index (χ2v) is 8.52.